The lowest BCUT2D eigenvalue weighted by Crippen LogP contribution is -2.40. The summed E-state index contributed by atoms with van der Waals surface area (Å²) >= 11 is 1.94. The summed E-state index contributed by atoms with van der Waals surface area (Å²) in [5.41, 5.74) is 1.25. The lowest BCUT2D eigenvalue weighted by atomic mass is 10.1. The topological polar surface area (TPSA) is 53.2 Å². The molecule has 1 aromatic heterocycles. The third kappa shape index (κ3) is 2.79. The average molecular weight is 386 g/mol. The normalized spacial score (nSPS) is 10.6. The molecule has 0 spiro atoms. The van der Waals surface area contributed by atoms with E-state index in [4.69, 9.17) is 4.74 Å². The smallest absolute Gasteiger partial charge is 0.331 e. The maximum Gasteiger partial charge on any atom is 0.331 e. The predicted octanol–water partition coefficient (Wildman–Crippen LogP) is 1.52. The standard InChI is InChI=1S/C14H15IN2O3/c1-9-4-5-12(20-3)10(6-9)7-17-13(18)11(15)8-16(2)14(17)19/h4-6,8H,7H2,1-3H3. The SMILES string of the molecule is COc1ccc(C)cc1Cn1c(=O)c(I)cn(C)c1=O. The van der Waals surface area contributed by atoms with Gasteiger partial charge in [-0.25, -0.2) is 4.79 Å². The molecule has 0 aliphatic rings. The third-order valence-electron chi connectivity index (χ3n) is 3.05. The first-order valence-corrected chi connectivity index (χ1v) is 7.11. The molecule has 1 heterocycles. The van der Waals surface area contributed by atoms with E-state index in [1.54, 1.807) is 14.2 Å². The van der Waals surface area contributed by atoms with Gasteiger partial charge in [0.25, 0.3) is 5.56 Å². The van der Waals surface area contributed by atoms with Gasteiger partial charge in [0.1, 0.15) is 5.75 Å². The minimum absolute atomic E-state index is 0.202. The minimum Gasteiger partial charge on any atom is -0.496 e. The van der Waals surface area contributed by atoms with Gasteiger partial charge in [-0.3, -0.25) is 9.36 Å². The molecule has 5 nitrogen and oxygen atoms in total. The van der Waals surface area contributed by atoms with Gasteiger partial charge in [0.2, 0.25) is 0 Å². The first kappa shape index (κ1) is 14.8. The zero-order valence-corrected chi connectivity index (χ0v) is 13.7. The van der Waals surface area contributed by atoms with E-state index in [2.05, 4.69) is 0 Å². The highest BCUT2D eigenvalue weighted by atomic mass is 127. The minimum atomic E-state index is -0.334. The van der Waals surface area contributed by atoms with E-state index in [9.17, 15) is 9.59 Å². The average Bonchev–Trinajstić information content (AvgIpc) is 2.41. The molecule has 0 atom stereocenters. The van der Waals surface area contributed by atoms with Crippen molar-refractivity contribution in [1.82, 2.24) is 9.13 Å². The Morgan fingerprint density at radius 1 is 1.30 bits per heavy atom. The summed E-state index contributed by atoms with van der Waals surface area (Å²) in [5, 5.41) is 0. The number of aromatic nitrogens is 2. The molecule has 2 rings (SSSR count). The van der Waals surface area contributed by atoms with Crippen LogP contribution in [-0.4, -0.2) is 16.2 Å². The van der Waals surface area contributed by atoms with Gasteiger partial charge >= 0.3 is 5.69 Å². The molecule has 0 amide bonds. The van der Waals surface area contributed by atoms with E-state index in [-0.39, 0.29) is 17.8 Å². The van der Waals surface area contributed by atoms with Crippen LogP contribution in [0.4, 0.5) is 0 Å². The van der Waals surface area contributed by atoms with Crippen LogP contribution in [-0.2, 0) is 13.6 Å². The fraction of sp³-hybridized carbons (Fsp3) is 0.286. The van der Waals surface area contributed by atoms with Crippen LogP contribution in [0.2, 0.25) is 0 Å². The van der Waals surface area contributed by atoms with Crippen molar-refractivity contribution in [3.05, 3.63) is 59.9 Å². The zero-order chi connectivity index (χ0) is 14.9. The van der Waals surface area contributed by atoms with Crippen LogP contribution in [0, 0.1) is 10.5 Å². The summed E-state index contributed by atoms with van der Waals surface area (Å²) < 4.78 is 8.43. The Labute approximate surface area is 130 Å². The van der Waals surface area contributed by atoms with E-state index in [1.165, 1.54) is 15.3 Å². The molecule has 2 aromatic rings. The number of aryl methyl sites for hydroxylation is 2. The van der Waals surface area contributed by atoms with E-state index in [0.717, 1.165) is 11.1 Å². The van der Waals surface area contributed by atoms with Gasteiger partial charge in [0.15, 0.2) is 0 Å². The van der Waals surface area contributed by atoms with Crippen LogP contribution in [0.5, 0.6) is 5.75 Å². The van der Waals surface area contributed by atoms with E-state index < -0.39 is 0 Å². The van der Waals surface area contributed by atoms with E-state index >= 15 is 0 Å². The Balaban J connectivity index is 2.59. The second kappa shape index (κ2) is 5.82. The molecule has 0 bridgehead atoms. The van der Waals surface area contributed by atoms with Crippen molar-refractivity contribution in [3.8, 4) is 5.75 Å². The number of methoxy groups -OCH3 is 1. The maximum atomic E-state index is 12.1. The number of halogens is 1. The molecule has 0 saturated heterocycles. The van der Waals surface area contributed by atoms with Gasteiger partial charge in [-0.2, -0.15) is 0 Å². The molecule has 106 valence electrons. The summed E-state index contributed by atoms with van der Waals surface area (Å²) in [6, 6.07) is 5.69. The largest absolute Gasteiger partial charge is 0.496 e. The maximum absolute atomic E-state index is 12.1. The van der Waals surface area contributed by atoms with Crippen LogP contribution in [0.25, 0.3) is 0 Å². The van der Waals surface area contributed by atoms with E-state index in [1.807, 2.05) is 47.7 Å². The van der Waals surface area contributed by atoms with Gasteiger partial charge in [0.05, 0.1) is 17.2 Å². The fourth-order valence-electron chi connectivity index (χ4n) is 2.03. The molecule has 0 radical (unpaired) electrons. The molecule has 0 N–H and O–H groups in total. The number of rotatable bonds is 3. The lowest BCUT2D eigenvalue weighted by molar-refractivity contribution is 0.407. The summed E-state index contributed by atoms with van der Waals surface area (Å²) in [5.74, 6) is 0.670. The fourth-order valence-corrected chi connectivity index (χ4v) is 2.74. The summed E-state index contributed by atoms with van der Waals surface area (Å²) in [6.45, 7) is 2.16. The molecular weight excluding hydrogens is 371 g/mol. The predicted molar refractivity (Wildman–Crippen MR) is 85.5 cm³/mol. The van der Waals surface area contributed by atoms with Gasteiger partial charge in [-0.15, -0.1) is 0 Å². The Morgan fingerprint density at radius 2 is 2.00 bits per heavy atom. The summed E-state index contributed by atoms with van der Waals surface area (Å²) in [7, 11) is 3.21. The monoisotopic (exact) mass is 386 g/mol. The Morgan fingerprint density at radius 3 is 2.65 bits per heavy atom. The molecule has 6 heteroatoms. The molecule has 0 aliphatic heterocycles. The molecule has 1 aromatic carbocycles. The highest BCUT2D eigenvalue weighted by Gasteiger charge is 2.11. The number of hydrogen-bond donors (Lipinski definition) is 0. The van der Waals surface area contributed by atoms with Gasteiger partial charge in [-0.05, 0) is 35.6 Å². The van der Waals surface area contributed by atoms with Crippen LogP contribution in [0.15, 0.2) is 34.0 Å². The number of ether oxygens (including phenoxy) is 1. The van der Waals surface area contributed by atoms with Crippen LogP contribution >= 0.6 is 22.6 Å². The first-order valence-electron chi connectivity index (χ1n) is 6.03. The van der Waals surface area contributed by atoms with Crippen molar-refractivity contribution in [2.75, 3.05) is 7.11 Å². The highest BCUT2D eigenvalue weighted by molar-refractivity contribution is 14.1. The highest BCUT2D eigenvalue weighted by Crippen LogP contribution is 2.19. The lowest BCUT2D eigenvalue weighted by Gasteiger charge is -2.12. The third-order valence-corrected chi connectivity index (χ3v) is 3.79. The van der Waals surface area contributed by atoms with E-state index in [0.29, 0.717) is 9.32 Å². The van der Waals surface area contributed by atoms with Crippen molar-refractivity contribution >= 4 is 22.6 Å². The molecule has 0 unspecified atom stereocenters. The Kier molecular flexibility index (Phi) is 4.32. The van der Waals surface area contributed by atoms with Crippen molar-refractivity contribution in [2.45, 2.75) is 13.5 Å². The number of benzene rings is 1. The first-order chi connectivity index (χ1) is 9.43. The molecular formula is C14H15IN2O3. The molecule has 20 heavy (non-hydrogen) atoms. The molecule has 0 aliphatic carbocycles. The van der Waals surface area contributed by atoms with Gasteiger partial charge < -0.3 is 9.30 Å². The Hall–Kier alpha value is -1.57. The van der Waals surface area contributed by atoms with Crippen LogP contribution < -0.4 is 16.0 Å². The molecule has 0 fully saturated rings. The van der Waals surface area contributed by atoms with Gasteiger partial charge in [-0.1, -0.05) is 17.7 Å². The van der Waals surface area contributed by atoms with Crippen LogP contribution in [0.1, 0.15) is 11.1 Å². The zero-order valence-electron chi connectivity index (χ0n) is 11.5. The van der Waals surface area contributed by atoms with Crippen LogP contribution in [0.3, 0.4) is 0 Å². The summed E-state index contributed by atoms with van der Waals surface area (Å²) in [4.78, 5) is 24.2. The second-order valence-corrected chi connectivity index (χ2v) is 5.74. The van der Waals surface area contributed by atoms with Gasteiger partial charge in [0, 0.05) is 18.8 Å². The quantitative estimate of drug-likeness (QED) is 0.752. The number of nitrogens with zero attached hydrogens (tertiary/aromatic N) is 2. The summed E-state index contributed by atoms with van der Waals surface area (Å²) in [6.07, 6.45) is 1.54. The Bertz CT molecular complexity index is 728. The number of hydrogen-bond acceptors (Lipinski definition) is 3. The van der Waals surface area contributed by atoms with Crippen molar-refractivity contribution in [1.29, 1.82) is 0 Å². The molecule has 0 saturated carbocycles. The van der Waals surface area contributed by atoms with Crippen molar-refractivity contribution < 1.29 is 4.74 Å². The second-order valence-electron chi connectivity index (χ2n) is 4.58. The van der Waals surface area contributed by atoms with Crippen molar-refractivity contribution in [2.24, 2.45) is 7.05 Å². The van der Waals surface area contributed by atoms with Crippen molar-refractivity contribution in [3.63, 3.8) is 0 Å².